The lowest BCUT2D eigenvalue weighted by atomic mass is 10.1. The average Bonchev–Trinajstić information content (AvgIpc) is 2.21. The molecular formula is C12H28N2O. The Hall–Kier alpha value is -0.120. The van der Waals surface area contributed by atoms with Crippen LogP contribution in [0.4, 0.5) is 0 Å². The Morgan fingerprint density at radius 2 is 1.47 bits per heavy atom. The van der Waals surface area contributed by atoms with Gasteiger partial charge in [-0.15, -0.1) is 0 Å². The van der Waals surface area contributed by atoms with Gasteiger partial charge in [0.15, 0.2) is 0 Å². The minimum absolute atomic E-state index is 0.287. The first-order chi connectivity index (χ1) is 7.04. The Morgan fingerprint density at radius 1 is 1.00 bits per heavy atom. The lowest BCUT2D eigenvalue weighted by Gasteiger charge is -2.42. The molecule has 3 heteroatoms. The van der Waals surface area contributed by atoms with Gasteiger partial charge >= 0.3 is 0 Å². The molecule has 1 heterocycles. The van der Waals surface area contributed by atoms with Crippen LogP contribution >= 0.6 is 0 Å². The molecule has 92 valence electrons. The summed E-state index contributed by atoms with van der Waals surface area (Å²) >= 11 is 0. The number of β-amino-alcohol motifs (C(OH)–C–C–N with tert-alkyl or cyclic N) is 1. The van der Waals surface area contributed by atoms with Gasteiger partial charge < -0.3 is 5.11 Å². The Kier molecular flexibility index (Phi) is 7.14. The van der Waals surface area contributed by atoms with Crippen LogP contribution in [0.25, 0.3) is 0 Å². The van der Waals surface area contributed by atoms with E-state index >= 15 is 0 Å². The molecule has 0 aromatic heterocycles. The maximum Gasteiger partial charge on any atom is 0.0558 e. The van der Waals surface area contributed by atoms with Gasteiger partial charge in [0.05, 0.1) is 6.61 Å². The van der Waals surface area contributed by atoms with Gasteiger partial charge in [0.1, 0.15) is 0 Å². The minimum atomic E-state index is 0.287. The molecule has 0 aliphatic carbocycles. The zero-order chi connectivity index (χ0) is 11.9. The smallest absolute Gasteiger partial charge is 0.0558 e. The van der Waals surface area contributed by atoms with E-state index in [-0.39, 0.29) is 6.61 Å². The summed E-state index contributed by atoms with van der Waals surface area (Å²) < 4.78 is 0. The second kappa shape index (κ2) is 7.20. The van der Waals surface area contributed by atoms with E-state index in [0.29, 0.717) is 5.54 Å². The number of aliphatic hydroxyl groups is 1. The molecule has 0 atom stereocenters. The summed E-state index contributed by atoms with van der Waals surface area (Å²) in [4.78, 5) is 4.82. The van der Waals surface area contributed by atoms with Gasteiger partial charge in [0, 0.05) is 38.3 Å². The highest BCUT2D eigenvalue weighted by molar-refractivity contribution is 4.81. The first-order valence-corrected chi connectivity index (χ1v) is 6.12. The fourth-order valence-electron chi connectivity index (χ4n) is 1.78. The van der Waals surface area contributed by atoms with Gasteiger partial charge in [-0.3, -0.25) is 9.80 Å². The van der Waals surface area contributed by atoms with Gasteiger partial charge in [-0.2, -0.15) is 0 Å². The molecule has 1 fully saturated rings. The van der Waals surface area contributed by atoms with E-state index in [2.05, 4.69) is 30.6 Å². The number of piperazine rings is 1. The molecule has 0 bridgehead atoms. The first-order valence-electron chi connectivity index (χ1n) is 6.12. The second-order valence-electron chi connectivity index (χ2n) is 4.72. The maximum atomic E-state index is 8.79. The molecule has 0 aromatic rings. The molecule has 1 saturated heterocycles. The third-order valence-corrected chi connectivity index (χ3v) is 2.74. The fraction of sp³-hybridized carbons (Fsp3) is 1.00. The Labute approximate surface area is 95.1 Å². The predicted molar refractivity (Wildman–Crippen MR) is 66.2 cm³/mol. The lowest BCUT2D eigenvalue weighted by molar-refractivity contribution is 0.0547. The summed E-state index contributed by atoms with van der Waals surface area (Å²) in [7, 11) is 0. The van der Waals surface area contributed by atoms with Crippen LogP contribution in [0.3, 0.4) is 0 Å². The molecule has 0 aromatic carbocycles. The van der Waals surface area contributed by atoms with Crippen LogP contribution in [0.5, 0.6) is 0 Å². The standard InChI is InChI=1S/C10H22N2O.C2H6/c1-10(2,3)12-6-4-11(5-7-12)8-9-13;1-2/h13H,4-9H2,1-3H3;1-2H3. The van der Waals surface area contributed by atoms with Crippen LogP contribution in [-0.2, 0) is 0 Å². The quantitative estimate of drug-likeness (QED) is 0.756. The van der Waals surface area contributed by atoms with Crippen molar-refractivity contribution in [3.63, 3.8) is 0 Å². The van der Waals surface area contributed by atoms with Crippen molar-refractivity contribution in [3.05, 3.63) is 0 Å². The Bertz CT molecular complexity index is 146. The van der Waals surface area contributed by atoms with Crippen molar-refractivity contribution in [1.82, 2.24) is 9.80 Å². The second-order valence-corrected chi connectivity index (χ2v) is 4.72. The van der Waals surface area contributed by atoms with E-state index in [4.69, 9.17) is 5.11 Å². The van der Waals surface area contributed by atoms with E-state index < -0.39 is 0 Å². The highest BCUT2D eigenvalue weighted by Crippen LogP contribution is 2.15. The van der Waals surface area contributed by atoms with Gasteiger partial charge in [-0.1, -0.05) is 13.8 Å². The molecule has 0 saturated carbocycles. The number of rotatable bonds is 2. The minimum Gasteiger partial charge on any atom is -0.395 e. The molecule has 0 spiro atoms. The summed E-state index contributed by atoms with van der Waals surface area (Å²) in [6, 6.07) is 0. The highest BCUT2D eigenvalue weighted by atomic mass is 16.3. The number of aliphatic hydroxyl groups excluding tert-OH is 1. The predicted octanol–water partition coefficient (Wildman–Crippen LogP) is 1.42. The number of nitrogens with zero attached hydrogens (tertiary/aromatic N) is 2. The summed E-state index contributed by atoms with van der Waals surface area (Å²) in [5.74, 6) is 0. The van der Waals surface area contributed by atoms with Crippen molar-refractivity contribution in [2.24, 2.45) is 0 Å². The summed E-state index contributed by atoms with van der Waals surface area (Å²) in [6.07, 6.45) is 0. The van der Waals surface area contributed by atoms with E-state index in [0.717, 1.165) is 32.7 Å². The Balaban J connectivity index is 0.000000921. The van der Waals surface area contributed by atoms with Crippen molar-refractivity contribution >= 4 is 0 Å². The summed E-state index contributed by atoms with van der Waals surface area (Å²) in [5.41, 5.74) is 0.297. The Morgan fingerprint density at radius 3 is 1.80 bits per heavy atom. The third kappa shape index (κ3) is 5.50. The fourth-order valence-corrected chi connectivity index (χ4v) is 1.78. The molecule has 0 unspecified atom stereocenters. The van der Waals surface area contributed by atoms with Gasteiger partial charge in [0.2, 0.25) is 0 Å². The third-order valence-electron chi connectivity index (χ3n) is 2.74. The van der Waals surface area contributed by atoms with Crippen LogP contribution in [0.1, 0.15) is 34.6 Å². The topological polar surface area (TPSA) is 26.7 Å². The summed E-state index contributed by atoms with van der Waals surface area (Å²) in [5, 5.41) is 8.79. The van der Waals surface area contributed by atoms with Crippen molar-refractivity contribution in [3.8, 4) is 0 Å². The zero-order valence-electron chi connectivity index (χ0n) is 11.1. The van der Waals surface area contributed by atoms with E-state index in [1.807, 2.05) is 13.8 Å². The number of hydrogen-bond donors (Lipinski definition) is 1. The molecule has 0 radical (unpaired) electrons. The molecule has 15 heavy (non-hydrogen) atoms. The lowest BCUT2D eigenvalue weighted by Crippen LogP contribution is -2.53. The van der Waals surface area contributed by atoms with Crippen LogP contribution in [-0.4, -0.2) is 59.8 Å². The van der Waals surface area contributed by atoms with Crippen LogP contribution < -0.4 is 0 Å². The van der Waals surface area contributed by atoms with Crippen LogP contribution in [0, 0.1) is 0 Å². The normalized spacial score (nSPS) is 19.6. The molecule has 1 N–H and O–H groups in total. The van der Waals surface area contributed by atoms with Crippen molar-refractivity contribution in [1.29, 1.82) is 0 Å². The van der Waals surface area contributed by atoms with Crippen molar-refractivity contribution in [2.45, 2.75) is 40.2 Å². The molecule has 0 amide bonds. The van der Waals surface area contributed by atoms with E-state index in [9.17, 15) is 0 Å². The first kappa shape index (κ1) is 14.9. The van der Waals surface area contributed by atoms with Gasteiger partial charge in [0.25, 0.3) is 0 Å². The van der Waals surface area contributed by atoms with Crippen molar-refractivity contribution < 1.29 is 5.11 Å². The largest absolute Gasteiger partial charge is 0.395 e. The molecule has 1 aliphatic heterocycles. The molecule has 1 rings (SSSR count). The van der Waals surface area contributed by atoms with Gasteiger partial charge in [-0.25, -0.2) is 0 Å². The zero-order valence-corrected chi connectivity index (χ0v) is 11.1. The van der Waals surface area contributed by atoms with E-state index in [1.165, 1.54) is 0 Å². The van der Waals surface area contributed by atoms with Crippen molar-refractivity contribution in [2.75, 3.05) is 39.3 Å². The maximum absolute atomic E-state index is 8.79. The van der Waals surface area contributed by atoms with Crippen LogP contribution in [0.15, 0.2) is 0 Å². The molecule has 3 nitrogen and oxygen atoms in total. The SMILES string of the molecule is CC.CC(C)(C)N1CCN(CCO)CC1. The monoisotopic (exact) mass is 216 g/mol. The van der Waals surface area contributed by atoms with Crippen LogP contribution in [0.2, 0.25) is 0 Å². The molecular weight excluding hydrogens is 188 g/mol. The summed E-state index contributed by atoms with van der Waals surface area (Å²) in [6.45, 7) is 16.3. The van der Waals surface area contributed by atoms with E-state index in [1.54, 1.807) is 0 Å². The number of hydrogen-bond acceptors (Lipinski definition) is 3. The molecule has 1 aliphatic rings. The highest BCUT2D eigenvalue weighted by Gasteiger charge is 2.25. The average molecular weight is 216 g/mol. The van der Waals surface area contributed by atoms with Gasteiger partial charge in [-0.05, 0) is 20.8 Å².